The molecule has 1 aliphatic rings. The number of aliphatic hydroxyl groups excluding tert-OH is 1. The van der Waals surface area contributed by atoms with E-state index in [0.29, 0.717) is 16.6 Å². The molecule has 0 amide bonds. The molecular formula is C14H20BrNO3S. The number of hydrogen-bond donors (Lipinski definition) is 2. The van der Waals surface area contributed by atoms with Crippen LogP contribution in [0, 0.1) is 12.3 Å². The minimum absolute atomic E-state index is 0.0865. The van der Waals surface area contributed by atoms with Crippen molar-refractivity contribution >= 4 is 26.0 Å². The lowest BCUT2D eigenvalue weighted by Gasteiger charge is -2.38. The molecule has 2 N–H and O–H groups in total. The summed E-state index contributed by atoms with van der Waals surface area (Å²) in [5, 5.41) is 9.22. The summed E-state index contributed by atoms with van der Waals surface area (Å²) in [4.78, 5) is 0.199. The third kappa shape index (κ3) is 3.24. The van der Waals surface area contributed by atoms with Crippen LogP contribution in [0.25, 0.3) is 0 Å². The van der Waals surface area contributed by atoms with Gasteiger partial charge in [-0.25, -0.2) is 13.1 Å². The van der Waals surface area contributed by atoms with Gasteiger partial charge in [-0.3, -0.25) is 0 Å². The van der Waals surface area contributed by atoms with E-state index in [1.165, 1.54) is 12.5 Å². The number of halogens is 1. The van der Waals surface area contributed by atoms with Gasteiger partial charge in [-0.15, -0.1) is 0 Å². The van der Waals surface area contributed by atoms with Gasteiger partial charge >= 0.3 is 0 Å². The van der Waals surface area contributed by atoms with Crippen LogP contribution in [0.5, 0.6) is 0 Å². The average molecular weight is 362 g/mol. The Kier molecular flexibility index (Phi) is 4.59. The fourth-order valence-electron chi connectivity index (χ4n) is 2.40. The third-order valence-corrected chi connectivity index (χ3v) is 6.74. The summed E-state index contributed by atoms with van der Waals surface area (Å²) in [5.41, 5.74) is 1.48. The zero-order chi connectivity index (χ0) is 15.0. The van der Waals surface area contributed by atoms with Gasteiger partial charge in [0.05, 0.1) is 11.5 Å². The third-order valence-electron chi connectivity index (χ3n) is 4.00. The normalized spacial score (nSPS) is 17.8. The molecule has 1 aromatic carbocycles. The lowest BCUT2D eigenvalue weighted by atomic mass is 9.71. The van der Waals surface area contributed by atoms with Crippen LogP contribution in [-0.2, 0) is 16.6 Å². The predicted molar refractivity (Wildman–Crippen MR) is 81.9 cm³/mol. The predicted octanol–water partition coefficient (Wildman–Crippen LogP) is 2.72. The van der Waals surface area contributed by atoms with Crippen LogP contribution in [0.4, 0.5) is 0 Å². The van der Waals surface area contributed by atoms with Gasteiger partial charge < -0.3 is 5.11 Å². The minimum atomic E-state index is -3.56. The van der Waals surface area contributed by atoms with E-state index >= 15 is 0 Å². The molecule has 0 unspecified atom stereocenters. The lowest BCUT2D eigenvalue weighted by molar-refractivity contribution is 0.166. The molecule has 4 nitrogen and oxygen atoms in total. The van der Waals surface area contributed by atoms with Gasteiger partial charge in [0, 0.05) is 11.0 Å². The highest BCUT2D eigenvalue weighted by molar-refractivity contribution is 9.10. The fourth-order valence-corrected chi connectivity index (χ4v) is 4.67. The molecule has 1 aromatic rings. The summed E-state index contributed by atoms with van der Waals surface area (Å²) in [5.74, 6) is 0. The van der Waals surface area contributed by atoms with Gasteiger partial charge in [0.2, 0.25) is 10.0 Å². The smallest absolute Gasteiger partial charge is 0.241 e. The van der Waals surface area contributed by atoms with Gasteiger partial charge in [0.25, 0.3) is 0 Å². The molecule has 2 rings (SSSR count). The molecule has 0 bridgehead atoms. The molecule has 20 heavy (non-hydrogen) atoms. The Morgan fingerprint density at radius 1 is 1.40 bits per heavy atom. The quantitative estimate of drug-likeness (QED) is 0.847. The van der Waals surface area contributed by atoms with Crippen LogP contribution in [0.1, 0.15) is 37.3 Å². The van der Waals surface area contributed by atoms with E-state index in [2.05, 4.69) is 27.6 Å². The largest absolute Gasteiger partial charge is 0.392 e. The minimum Gasteiger partial charge on any atom is -0.392 e. The summed E-state index contributed by atoms with van der Waals surface area (Å²) in [6.45, 7) is 4.21. The number of rotatable bonds is 5. The topological polar surface area (TPSA) is 66.4 Å². The molecule has 1 saturated carbocycles. The van der Waals surface area contributed by atoms with E-state index in [0.717, 1.165) is 18.4 Å². The molecule has 1 aliphatic carbocycles. The Morgan fingerprint density at radius 3 is 2.55 bits per heavy atom. The molecule has 0 saturated heterocycles. The van der Waals surface area contributed by atoms with Crippen molar-refractivity contribution in [2.45, 2.75) is 44.6 Å². The van der Waals surface area contributed by atoms with Crippen LogP contribution in [-0.4, -0.2) is 20.1 Å². The maximum Gasteiger partial charge on any atom is 0.241 e. The van der Waals surface area contributed by atoms with Crippen molar-refractivity contribution < 1.29 is 13.5 Å². The zero-order valence-corrected chi connectivity index (χ0v) is 14.1. The van der Waals surface area contributed by atoms with Gasteiger partial charge in [-0.05, 0) is 58.3 Å². The second-order valence-corrected chi connectivity index (χ2v) is 8.40. The molecule has 0 atom stereocenters. The van der Waals surface area contributed by atoms with Crippen LogP contribution < -0.4 is 4.72 Å². The fraction of sp³-hybridized carbons (Fsp3) is 0.571. The van der Waals surface area contributed by atoms with Crippen molar-refractivity contribution in [2.75, 3.05) is 6.54 Å². The van der Waals surface area contributed by atoms with E-state index in [1.54, 1.807) is 6.07 Å². The highest BCUT2D eigenvalue weighted by Gasteiger charge is 2.33. The Morgan fingerprint density at radius 2 is 2.05 bits per heavy atom. The van der Waals surface area contributed by atoms with E-state index in [4.69, 9.17) is 0 Å². The molecular weight excluding hydrogens is 342 g/mol. The molecule has 0 aliphatic heterocycles. The summed E-state index contributed by atoms with van der Waals surface area (Å²) >= 11 is 3.33. The van der Waals surface area contributed by atoms with Crippen molar-refractivity contribution in [3.63, 3.8) is 0 Å². The first-order chi connectivity index (χ1) is 9.27. The molecule has 112 valence electrons. The van der Waals surface area contributed by atoms with Crippen LogP contribution in [0.3, 0.4) is 0 Å². The number of nitrogens with one attached hydrogen (secondary N) is 1. The maximum absolute atomic E-state index is 12.4. The Labute approximate surface area is 128 Å². The first kappa shape index (κ1) is 15.9. The van der Waals surface area contributed by atoms with Gasteiger partial charge in [-0.2, -0.15) is 0 Å². The Balaban J connectivity index is 2.26. The van der Waals surface area contributed by atoms with Crippen LogP contribution in [0.2, 0.25) is 0 Å². The van der Waals surface area contributed by atoms with E-state index in [-0.39, 0.29) is 16.9 Å². The molecule has 1 fully saturated rings. The molecule has 6 heteroatoms. The van der Waals surface area contributed by atoms with Gasteiger partial charge in [0.1, 0.15) is 0 Å². The Bertz CT molecular complexity index is 609. The summed E-state index contributed by atoms with van der Waals surface area (Å²) in [6, 6.07) is 3.29. The monoisotopic (exact) mass is 361 g/mol. The van der Waals surface area contributed by atoms with E-state index < -0.39 is 10.0 Å². The number of aryl methyl sites for hydroxylation is 1. The zero-order valence-electron chi connectivity index (χ0n) is 11.7. The number of benzene rings is 1. The molecule has 0 radical (unpaired) electrons. The first-order valence-electron chi connectivity index (χ1n) is 6.67. The van der Waals surface area contributed by atoms with Crippen molar-refractivity contribution in [1.29, 1.82) is 0 Å². The lowest BCUT2D eigenvalue weighted by Crippen LogP contribution is -2.40. The van der Waals surface area contributed by atoms with E-state index in [9.17, 15) is 13.5 Å². The number of hydrogen-bond acceptors (Lipinski definition) is 3. The number of sulfonamides is 1. The molecule has 0 aromatic heterocycles. The maximum atomic E-state index is 12.4. The van der Waals surface area contributed by atoms with Crippen LogP contribution in [0.15, 0.2) is 21.5 Å². The second-order valence-electron chi connectivity index (χ2n) is 5.87. The van der Waals surface area contributed by atoms with Crippen LogP contribution >= 0.6 is 15.9 Å². The first-order valence-corrected chi connectivity index (χ1v) is 8.95. The highest BCUT2D eigenvalue weighted by Crippen LogP contribution is 2.40. The standard InChI is InChI=1S/C14H20BrNO3S/c1-10-6-11(8-17)7-12(13(10)15)20(18,19)16-9-14(2)4-3-5-14/h6-7,16-17H,3-5,8-9H2,1-2H3. The Hall–Kier alpha value is -0.430. The average Bonchev–Trinajstić information content (AvgIpc) is 2.37. The summed E-state index contributed by atoms with van der Waals surface area (Å²) in [7, 11) is -3.56. The summed E-state index contributed by atoms with van der Waals surface area (Å²) in [6.07, 6.45) is 3.29. The summed E-state index contributed by atoms with van der Waals surface area (Å²) < 4.78 is 28.1. The van der Waals surface area contributed by atoms with Gasteiger partial charge in [0.15, 0.2) is 0 Å². The molecule has 0 spiro atoms. The van der Waals surface area contributed by atoms with E-state index in [1.807, 2.05) is 6.92 Å². The second kappa shape index (κ2) is 5.75. The van der Waals surface area contributed by atoms with Crippen molar-refractivity contribution in [3.05, 3.63) is 27.7 Å². The van der Waals surface area contributed by atoms with Crippen molar-refractivity contribution in [2.24, 2.45) is 5.41 Å². The number of aliphatic hydroxyl groups is 1. The van der Waals surface area contributed by atoms with Crippen molar-refractivity contribution in [3.8, 4) is 0 Å². The molecule has 0 heterocycles. The SMILES string of the molecule is Cc1cc(CO)cc(S(=O)(=O)NCC2(C)CCC2)c1Br. The highest BCUT2D eigenvalue weighted by atomic mass is 79.9. The van der Waals surface area contributed by atoms with Gasteiger partial charge in [-0.1, -0.05) is 19.4 Å². The van der Waals surface area contributed by atoms with Crippen molar-refractivity contribution in [1.82, 2.24) is 4.72 Å².